The van der Waals surface area contributed by atoms with Gasteiger partial charge in [0.05, 0.1) is 10.6 Å². The summed E-state index contributed by atoms with van der Waals surface area (Å²) in [6.45, 7) is 0.750. The maximum absolute atomic E-state index is 12.9. The van der Waals surface area contributed by atoms with E-state index in [9.17, 15) is 13.2 Å². The Morgan fingerprint density at radius 2 is 1.31 bits per heavy atom. The van der Waals surface area contributed by atoms with Gasteiger partial charge in [-0.3, -0.25) is 14.4 Å². The summed E-state index contributed by atoms with van der Waals surface area (Å²) in [5.74, 6) is 0.987. The van der Waals surface area contributed by atoms with Crippen molar-refractivity contribution in [2.45, 2.75) is 4.90 Å². The van der Waals surface area contributed by atoms with Crippen molar-refractivity contribution in [2.75, 3.05) is 29.9 Å². The molecular formula is C29H27N3O5S2. The molecule has 2 N–H and O–H groups in total. The molecule has 0 aromatic heterocycles. The summed E-state index contributed by atoms with van der Waals surface area (Å²) >= 11 is 5.25. The summed E-state index contributed by atoms with van der Waals surface area (Å²) in [7, 11) is -2.23. The number of sulfonamides is 1. The molecule has 4 aromatic rings. The number of carbonyl (C=O) groups is 1. The second-order valence-corrected chi connectivity index (χ2v) is 10.7. The molecule has 200 valence electrons. The first-order valence-electron chi connectivity index (χ1n) is 12.0. The molecule has 0 aliphatic carbocycles. The van der Waals surface area contributed by atoms with Gasteiger partial charge in [-0.1, -0.05) is 36.4 Å². The molecule has 0 fully saturated rings. The van der Waals surface area contributed by atoms with Crippen molar-refractivity contribution in [1.82, 2.24) is 5.32 Å². The van der Waals surface area contributed by atoms with Gasteiger partial charge in [0.1, 0.15) is 24.7 Å². The Bertz CT molecular complexity index is 1500. The van der Waals surface area contributed by atoms with Crippen LogP contribution in [-0.4, -0.2) is 39.7 Å². The van der Waals surface area contributed by atoms with E-state index in [2.05, 4.69) is 10.6 Å². The minimum Gasteiger partial charge on any atom is -0.490 e. The van der Waals surface area contributed by atoms with E-state index in [1.54, 1.807) is 60.7 Å². The molecule has 10 heteroatoms. The molecule has 0 saturated heterocycles. The monoisotopic (exact) mass is 561 g/mol. The lowest BCUT2D eigenvalue weighted by atomic mass is 10.2. The van der Waals surface area contributed by atoms with Crippen LogP contribution in [0.1, 0.15) is 10.4 Å². The highest BCUT2D eigenvalue weighted by Crippen LogP contribution is 2.23. The minimum absolute atomic E-state index is 0.0791. The van der Waals surface area contributed by atoms with Gasteiger partial charge in [-0.15, -0.1) is 0 Å². The first-order chi connectivity index (χ1) is 18.8. The van der Waals surface area contributed by atoms with Crippen molar-refractivity contribution in [1.29, 1.82) is 0 Å². The zero-order chi connectivity index (χ0) is 27.7. The molecule has 0 heterocycles. The zero-order valence-electron chi connectivity index (χ0n) is 21.1. The van der Waals surface area contributed by atoms with E-state index in [0.29, 0.717) is 35.9 Å². The maximum Gasteiger partial charge on any atom is 0.264 e. The van der Waals surface area contributed by atoms with Gasteiger partial charge in [0.15, 0.2) is 5.11 Å². The summed E-state index contributed by atoms with van der Waals surface area (Å²) in [5, 5.41) is 5.59. The highest BCUT2D eigenvalue weighted by atomic mass is 32.2. The predicted octanol–water partition coefficient (Wildman–Crippen LogP) is 5.10. The number of amides is 1. The third-order valence-electron chi connectivity index (χ3n) is 5.60. The highest BCUT2D eigenvalue weighted by molar-refractivity contribution is 7.92. The van der Waals surface area contributed by atoms with Crippen LogP contribution in [0.15, 0.2) is 114 Å². The summed E-state index contributed by atoms with van der Waals surface area (Å²) < 4.78 is 38.3. The first kappa shape index (κ1) is 27.6. The van der Waals surface area contributed by atoms with Gasteiger partial charge in [-0.05, 0) is 85.0 Å². The summed E-state index contributed by atoms with van der Waals surface area (Å²) in [5.41, 5.74) is 1.49. The molecule has 8 nitrogen and oxygen atoms in total. The van der Waals surface area contributed by atoms with Gasteiger partial charge in [0.25, 0.3) is 15.9 Å². The smallest absolute Gasteiger partial charge is 0.264 e. The van der Waals surface area contributed by atoms with Crippen LogP contribution in [-0.2, 0) is 10.0 Å². The topological polar surface area (TPSA) is 97.0 Å². The van der Waals surface area contributed by atoms with Gasteiger partial charge >= 0.3 is 0 Å². The number of para-hydroxylation sites is 2. The largest absolute Gasteiger partial charge is 0.490 e. The fraction of sp³-hybridized carbons (Fsp3) is 0.103. The molecule has 0 bridgehead atoms. The fourth-order valence-corrected chi connectivity index (χ4v) is 4.93. The van der Waals surface area contributed by atoms with Crippen LogP contribution in [0, 0.1) is 0 Å². The van der Waals surface area contributed by atoms with E-state index in [1.165, 1.54) is 23.5 Å². The number of nitrogens with one attached hydrogen (secondary N) is 2. The molecular weight excluding hydrogens is 534 g/mol. The van der Waals surface area contributed by atoms with E-state index in [1.807, 2.05) is 36.4 Å². The summed E-state index contributed by atoms with van der Waals surface area (Å²) in [4.78, 5) is 12.7. The van der Waals surface area contributed by atoms with Crippen LogP contribution >= 0.6 is 12.2 Å². The molecule has 39 heavy (non-hydrogen) atoms. The lowest BCUT2D eigenvalue weighted by Gasteiger charge is -2.19. The molecule has 4 aromatic carbocycles. The van der Waals surface area contributed by atoms with Crippen molar-refractivity contribution in [3.8, 4) is 11.5 Å². The third kappa shape index (κ3) is 7.56. The number of thiocarbonyl (C=S) groups is 1. The van der Waals surface area contributed by atoms with Crippen LogP contribution in [0.4, 0.5) is 11.4 Å². The lowest BCUT2D eigenvalue weighted by molar-refractivity contribution is 0.0977. The van der Waals surface area contributed by atoms with E-state index in [4.69, 9.17) is 21.7 Å². The van der Waals surface area contributed by atoms with Crippen molar-refractivity contribution in [2.24, 2.45) is 0 Å². The zero-order valence-corrected chi connectivity index (χ0v) is 22.7. The molecule has 0 saturated carbocycles. The summed E-state index contributed by atoms with van der Waals surface area (Å²) in [6.07, 6.45) is 0. The van der Waals surface area contributed by atoms with Crippen LogP contribution < -0.4 is 24.4 Å². The maximum atomic E-state index is 12.9. The molecule has 0 aliphatic heterocycles. The van der Waals surface area contributed by atoms with Gasteiger partial charge in [-0.2, -0.15) is 0 Å². The first-order valence-corrected chi connectivity index (χ1v) is 13.8. The number of benzene rings is 4. The van der Waals surface area contributed by atoms with Crippen molar-refractivity contribution in [3.05, 3.63) is 115 Å². The number of ether oxygens (including phenoxy) is 2. The number of hydrogen-bond acceptors (Lipinski definition) is 6. The van der Waals surface area contributed by atoms with Gasteiger partial charge in [-0.25, -0.2) is 8.42 Å². The van der Waals surface area contributed by atoms with E-state index < -0.39 is 15.9 Å². The molecule has 0 unspecified atom stereocenters. The molecule has 0 spiro atoms. The van der Waals surface area contributed by atoms with Crippen molar-refractivity contribution >= 4 is 44.6 Å². The van der Waals surface area contributed by atoms with Crippen molar-refractivity contribution < 1.29 is 22.7 Å². The number of anilines is 2. The Morgan fingerprint density at radius 1 is 0.769 bits per heavy atom. The van der Waals surface area contributed by atoms with Crippen LogP contribution in [0.25, 0.3) is 0 Å². The van der Waals surface area contributed by atoms with E-state index in [0.717, 1.165) is 5.75 Å². The van der Waals surface area contributed by atoms with E-state index >= 15 is 0 Å². The SMILES string of the molecule is CN(c1ccccc1)S(=O)(=O)c1ccc(NC(=S)NC(=O)c2ccc(OCCOc3ccccc3)cc2)cc1. The number of carbonyl (C=O) groups excluding carboxylic acids is 1. The Balaban J connectivity index is 1.25. The number of rotatable bonds is 10. The van der Waals surface area contributed by atoms with E-state index in [-0.39, 0.29) is 10.0 Å². The predicted molar refractivity (Wildman–Crippen MR) is 156 cm³/mol. The minimum atomic E-state index is -3.73. The Labute approximate surface area is 233 Å². The Kier molecular flexibility index (Phi) is 9.14. The highest BCUT2D eigenvalue weighted by Gasteiger charge is 2.21. The molecule has 0 atom stereocenters. The van der Waals surface area contributed by atoms with Crippen LogP contribution in [0.3, 0.4) is 0 Å². The Morgan fingerprint density at radius 3 is 1.90 bits per heavy atom. The molecule has 4 rings (SSSR count). The number of hydrogen-bond donors (Lipinski definition) is 2. The average molecular weight is 562 g/mol. The van der Waals surface area contributed by atoms with Crippen LogP contribution in [0.5, 0.6) is 11.5 Å². The lowest BCUT2D eigenvalue weighted by Crippen LogP contribution is -2.34. The third-order valence-corrected chi connectivity index (χ3v) is 7.60. The Hall–Kier alpha value is -4.41. The normalized spacial score (nSPS) is 10.8. The second kappa shape index (κ2) is 12.9. The van der Waals surface area contributed by atoms with Gasteiger partial charge in [0, 0.05) is 18.3 Å². The van der Waals surface area contributed by atoms with Gasteiger partial charge < -0.3 is 14.8 Å². The summed E-state index contributed by atoms with van der Waals surface area (Å²) in [6, 6.07) is 31.0. The van der Waals surface area contributed by atoms with Crippen LogP contribution in [0.2, 0.25) is 0 Å². The standard InChI is InChI=1S/C29H27N3O5S2/c1-32(24-8-4-2-5-9-24)39(34,35)27-18-14-23(15-19-27)30-29(38)31-28(33)22-12-16-26(17-13-22)37-21-20-36-25-10-6-3-7-11-25/h2-19H,20-21H2,1H3,(H2,30,31,33,38). The average Bonchev–Trinajstić information content (AvgIpc) is 2.96. The number of nitrogens with zero attached hydrogens (tertiary/aromatic N) is 1. The van der Waals surface area contributed by atoms with Crippen molar-refractivity contribution in [3.63, 3.8) is 0 Å². The van der Waals surface area contributed by atoms with Gasteiger partial charge in [0.2, 0.25) is 0 Å². The molecule has 0 radical (unpaired) electrons. The quantitative estimate of drug-likeness (QED) is 0.206. The molecule has 0 aliphatic rings. The molecule has 1 amide bonds. The fourth-order valence-electron chi connectivity index (χ4n) is 3.52. The second-order valence-electron chi connectivity index (χ2n) is 8.28.